The molecule has 4 rings (SSSR count). The number of fused-ring (bicyclic) bond motifs is 2. The highest BCUT2D eigenvalue weighted by molar-refractivity contribution is 7.16. The second kappa shape index (κ2) is 7.40. The fraction of sp³-hybridized carbons (Fsp3) is 0.200. The maximum absolute atomic E-state index is 12.6. The van der Waals surface area contributed by atoms with Crippen molar-refractivity contribution in [1.29, 1.82) is 0 Å². The summed E-state index contributed by atoms with van der Waals surface area (Å²) in [7, 11) is 1.91. The molecule has 0 spiro atoms. The molecule has 8 heteroatoms. The summed E-state index contributed by atoms with van der Waals surface area (Å²) in [4.78, 5) is 29.8. The molecular formula is C20H19N5O2S. The lowest BCUT2D eigenvalue weighted by Gasteiger charge is -2.07. The van der Waals surface area contributed by atoms with Crippen molar-refractivity contribution in [2.45, 2.75) is 19.9 Å². The van der Waals surface area contributed by atoms with Gasteiger partial charge < -0.3 is 4.57 Å². The third-order valence-corrected chi connectivity index (χ3v) is 5.74. The van der Waals surface area contributed by atoms with Crippen LogP contribution in [0.5, 0.6) is 0 Å². The number of amides is 1. The quantitative estimate of drug-likeness (QED) is 0.540. The first-order valence-electron chi connectivity index (χ1n) is 8.86. The Morgan fingerprint density at radius 2 is 2.04 bits per heavy atom. The molecule has 4 aromatic rings. The third kappa shape index (κ3) is 3.34. The summed E-state index contributed by atoms with van der Waals surface area (Å²) in [6.45, 7) is 2.16. The van der Waals surface area contributed by atoms with Crippen LogP contribution in [0.2, 0.25) is 0 Å². The number of benzene rings is 2. The number of nitrogens with one attached hydrogen (secondary N) is 1. The molecule has 1 N–H and O–H groups in total. The van der Waals surface area contributed by atoms with Crippen LogP contribution >= 0.6 is 11.3 Å². The van der Waals surface area contributed by atoms with Crippen molar-refractivity contribution in [2.24, 2.45) is 12.1 Å². The molecule has 7 nitrogen and oxygen atoms in total. The van der Waals surface area contributed by atoms with Gasteiger partial charge in [0, 0.05) is 20.0 Å². The van der Waals surface area contributed by atoms with E-state index in [0.29, 0.717) is 15.7 Å². The van der Waals surface area contributed by atoms with Crippen molar-refractivity contribution in [3.8, 4) is 0 Å². The highest BCUT2D eigenvalue weighted by atomic mass is 32.1. The van der Waals surface area contributed by atoms with Crippen molar-refractivity contribution in [2.75, 3.05) is 0 Å². The summed E-state index contributed by atoms with van der Waals surface area (Å²) >= 11 is 1.50. The van der Waals surface area contributed by atoms with Crippen LogP contribution in [0.15, 0.2) is 58.7 Å². The molecule has 0 aliphatic carbocycles. The zero-order valence-electron chi connectivity index (χ0n) is 15.5. The SMILES string of the molecule is Cc1cccc2c(=O)n(CCC(=O)N/N=c3/sc4ccccc4n3C)cnc12. The van der Waals surface area contributed by atoms with Crippen molar-refractivity contribution in [1.82, 2.24) is 19.5 Å². The van der Waals surface area contributed by atoms with Crippen molar-refractivity contribution in [3.63, 3.8) is 0 Å². The average Bonchev–Trinajstić information content (AvgIpc) is 3.02. The number of rotatable bonds is 4. The molecule has 0 fully saturated rings. The van der Waals surface area contributed by atoms with E-state index in [0.717, 1.165) is 15.8 Å². The van der Waals surface area contributed by atoms with Crippen molar-refractivity contribution >= 4 is 38.4 Å². The fourth-order valence-electron chi connectivity index (χ4n) is 3.07. The number of aromatic nitrogens is 3. The Balaban J connectivity index is 1.49. The summed E-state index contributed by atoms with van der Waals surface area (Å²) in [6.07, 6.45) is 1.63. The molecular weight excluding hydrogens is 374 g/mol. The summed E-state index contributed by atoms with van der Waals surface area (Å²) in [5.41, 5.74) is 5.14. The number of nitrogens with zero attached hydrogens (tertiary/aromatic N) is 4. The molecule has 1 amide bonds. The molecule has 0 saturated carbocycles. The van der Waals surface area contributed by atoms with Gasteiger partial charge in [0.15, 0.2) is 0 Å². The Morgan fingerprint density at radius 3 is 2.86 bits per heavy atom. The monoisotopic (exact) mass is 393 g/mol. The van der Waals surface area contributed by atoms with E-state index in [1.165, 1.54) is 22.2 Å². The maximum Gasteiger partial charge on any atom is 0.261 e. The molecule has 2 aromatic carbocycles. The molecule has 28 heavy (non-hydrogen) atoms. The number of carbonyl (C=O) groups is 1. The lowest BCUT2D eigenvalue weighted by Crippen LogP contribution is -2.27. The molecule has 0 atom stereocenters. The first-order chi connectivity index (χ1) is 13.5. The van der Waals surface area contributed by atoms with E-state index >= 15 is 0 Å². The van der Waals surface area contributed by atoms with Crippen molar-refractivity contribution < 1.29 is 4.79 Å². The number of carbonyl (C=O) groups excluding carboxylic acids is 1. The van der Waals surface area contributed by atoms with Gasteiger partial charge in [-0.3, -0.25) is 14.2 Å². The Morgan fingerprint density at radius 1 is 1.21 bits per heavy atom. The minimum atomic E-state index is -0.256. The van der Waals surface area contributed by atoms with Gasteiger partial charge in [-0.05, 0) is 30.7 Å². The lowest BCUT2D eigenvalue weighted by molar-refractivity contribution is -0.121. The van der Waals surface area contributed by atoms with Gasteiger partial charge >= 0.3 is 0 Å². The van der Waals surface area contributed by atoms with Crippen LogP contribution in [-0.4, -0.2) is 20.0 Å². The van der Waals surface area contributed by atoms with E-state index in [1.807, 2.05) is 54.9 Å². The third-order valence-electron chi connectivity index (χ3n) is 4.63. The zero-order chi connectivity index (χ0) is 19.7. The summed E-state index contributed by atoms with van der Waals surface area (Å²) in [5, 5.41) is 4.78. The van der Waals surface area contributed by atoms with E-state index in [4.69, 9.17) is 0 Å². The van der Waals surface area contributed by atoms with Crippen LogP contribution in [0.1, 0.15) is 12.0 Å². The zero-order valence-corrected chi connectivity index (χ0v) is 16.4. The molecule has 0 saturated heterocycles. The molecule has 2 aromatic heterocycles. The minimum Gasteiger partial charge on any atom is -0.318 e. The predicted octanol–water partition coefficient (Wildman–Crippen LogP) is 2.28. The Kier molecular flexibility index (Phi) is 4.79. The lowest BCUT2D eigenvalue weighted by atomic mass is 10.1. The molecule has 142 valence electrons. The van der Waals surface area contributed by atoms with Gasteiger partial charge in [-0.15, -0.1) is 5.10 Å². The number of thiazole rings is 1. The molecule has 0 radical (unpaired) electrons. The standard InChI is InChI=1S/C20H19N5O2S/c1-13-6-5-7-14-18(13)21-12-25(19(14)27)11-10-17(26)22-23-20-24(2)15-8-3-4-9-16(15)28-20/h3-9,12H,10-11H2,1-2H3,(H,22,26)/b23-20+. The second-order valence-corrected chi connectivity index (χ2v) is 7.53. The summed E-state index contributed by atoms with van der Waals surface area (Å²) in [5.74, 6) is -0.256. The van der Waals surface area contributed by atoms with Gasteiger partial charge in [-0.2, -0.15) is 0 Å². The van der Waals surface area contributed by atoms with Gasteiger partial charge in [0.1, 0.15) is 0 Å². The first kappa shape index (κ1) is 18.1. The number of para-hydroxylation sites is 2. The highest BCUT2D eigenvalue weighted by Crippen LogP contribution is 2.15. The second-order valence-electron chi connectivity index (χ2n) is 6.52. The van der Waals surface area contributed by atoms with E-state index in [9.17, 15) is 9.59 Å². The van der Waals surface area contributed by atoms with E-state index in [1.54, 1.807) is 6.07 Å². The Labute approximate surface area is 164 Å². The Hall–Kier alpha value is -3.26. The van der Waals surface area contributed by atoms with E-state index < -0.39 is 0 Å². The number of aryl methyl sites for hydroxylation is 3. The smallest absolute Gasteiger partial charge is 0.261 e. The first-order valence-corrected chi connectivity index (χ1v) is 9.68. The van der Waals surface area contributed by atoms with Gasteiger partial charge in [-0.25, -0.2) is 10.4 Å². The van der Waals surface area contributed by atoms with Crippen molar-refractivity contribution in [3.05, 3.63) is 69.5 Å². The molecule has 0 bridgehead atoms. The summed E-state index contributed by atoms with van der Waals surface area (Å²) < 4.78 is 4.49. The van der Waals surface area contributed by atoms with Gasteiger partial charge in [0.2, 0.25) is 10.7 Å². The van der Waals surface area contributed by atoms with Gasteiger partial charge in [0.05, 0.1) is 27.4 Å². The molecule has 0 aliphatic rings. The van der Waals surface area contributed by atoms with E-state index in [-0.39, 0.29) is 24.4 Å². The number of hydrogen-bond donors (Lipinski definition) is 1. The topological polar surface area (TPSA) is 81.3 Å². The molecule has 0 unspecified atom stereocenters. The van der Waals surface area contributed by atoms with Crippen LogP contribution < -0.4 is 15.8 Å². The van der Waals surface area contributed by atoms with Crippen LogP contribution in [0.25, 0.3) is 21.1 Å². The summed E-state index contributed by atoms with van der Waals surface area (Å²) in [6, 6.07) is 13.5. The largest absolute Gasteiger partial charge is 0.318 e. The number of hydrogen-bond acceptors (Lipinski definition) is 5. The van der Waals surface area contributed by atoms with E-state index in [2.05, 4.69) is 15.5 Å². The van der Waals surface area contributed by atoms with Crippen LogP contribution in [-0.2, 0) is 18.4 Å². The highest BCUT2D eigenvalue weighted by Gasteiger charge is 2.08. The van der Waals surface area contributed by atoms with Crippen LogP contribution in [0.3, 0.4) is 0 Å². The fourth-order valence-corrected chi connectivity index (χ4v) is 4.05. The van der Waals surface area contributed by atoms with Crippen LogP contribution in [0, 0.1) is 6.92 Å². The van der Waals surface area contributed by atoms with Gasteiger partial charge in [0.25, 0.3) is 5.56 Å². The average molecular weight is 393 g/mol. The maximum atomic E-state index is 12.6. The molecule has 0 aliphatic heterocycles. The minimum absolute atomic E-state index is 0.136. The predicted molar refractivity (Wildman–Crippen MR) is 110 cm³/mol. The normalized spacial score (nSPS) is 12.0. The molecule has 2 heterocycles. The Bertz CT molecular complexity index is 1320. The van der Waals surface area contributed by atoms with Crippen LogP contribution in [0.4, 0.5) is 0 Å². The van der Waals surface area contributed by atoms with Gasteiger partial charge in [-0.1, -0.05) is 35.6 Å².